The van der Waals surface area contributed by atoms with Crippen molar-refractivity contribution >= 4 is 5.91 Å². The Kier molecular flexibility index (Phi) is 6.12. The molecule has 146 valence electrons. The molecule has 0 bridgehead atoms. The van der Waals surface area contributed by atoms with Crippen molar-refractivity contribution in [3.8, 4) is 0 Å². The molecule has 0 aromatic carbocycles. The lowest BCUT2D eigenvalue weighted by atomic mass is 9.83. The zero-order valence-corrected chi connectivity index (χ0v) is 15.9. The number of methoxy groups -OCH3 is 1. The van der Waals surface area contributed by atoms with Crippen molar-refractivity contribution in [1.82, 2.24) is 30.0 Å². The van der Waals surface area contributed by atoms with E-state index in [2.05, 4.69) is 39.2 Å². The van der Waals surface area contributed by atoms with Gasteiger partial charge in [0.1, 0.15) is 18.8 Å². The van der Waals surface area contributed by atoms with Crippen molar-refractivity contribution in [2.75, 3.05) is 7.11 Å². The van der Waals surface area contributed by atoms with Crippen LogP contribution in [-0.4, -0.2) is 55.0 Å². The molecule has 0 spiro atoms. The van der Waals surface area contributed by atoms with Gasteiger partial charge in [0.15, 0.2) is 5.82 Å². The highest BCUT2D eigenvalue weighted by atomic mass is 16.5. The number of hydrogen-bond donors (Lipinski definition) is 2. The molecular weight excluding hydrogens is 348 g/mol. The fourth-order valence-electron chi connectivity index (χ4n) is 3.44. The molecule has 0 unspecified atom stereocenters. The summed E-state index contributed by atoms with van der Waals surface area (Å²) in [6.45, 7) is 4.47. The fraction of sp³-hybridized carbons (Fsp3) is 0.611. The fourth-order valence-corrected chi connectivity index (χ4v) is 3.44. The van der Waals surface area contributed by atoms with E-state index in [1.807, 2.05) is 4.68 Å². The van der Waals surface area contributed by atoms with Gasteiger partial charge in [0.25, 0.3) is 5.91 Å². The van der Waals surface area contributed by atoms with E-state index in [0.717, 1.165) is 12.2 Å². The Morgan fingerprint density at radius 2 is 2.11 bits per heavy atom. The van der Waals surface area contributed by atoms with Crippen LogP contribution in [0.4, 0.5) is 0 Å². The van der Waals surface area contributed by atoms with Crippen LogP contribution < -0.4 is 5.32 Å². The normalized spacial score (nSPS) is 22.8. The quantitative estimate of drug-likeness (QED) is 0.781. The van der Waals surface area contributed by atoms with Gasteiger partial charge in [-0.2, -0.15) is 5.10 Å². The molecule has 0 radical (unpaired) electrons. The summed E-state index contributed by atoms with van der Waals surface area (Å²) in [6, 6.07) is -0.195. The van der Waals surface area contributed by atoms with Crippen LogP contribution in [0.25, 0.3) is 0 Å². The molecule has 0 aliphatic heterocycles. The average Bonchev–Trinajstić information content (AvgIpc) is 3.09. The van der Waals surface area contributed by atoms with Crippen LogP contribution in [0.15, 0.2) is 18.7 Å². The number of rotatable bonds is 6. The van der Waals surface area contributed by atoms with Gasteiger partial charge in [0.05, 0.1) is 17.7 Å². The number of ether oxygens (including phenoxy) is 1. The Hall–Kier alpha value is -2.39. The summed E-state index contributed by atoms with van der Waals surface area (Å²) in [5.41, 5.74) is 0.375. The van der Waals surface area contributed by atoms with Crippen molar-refractivity contribution < 1.29 is 14.6 Å². The summed E-state index contributed by atoms with van der Waals surface area (Å²) >= 11 is 0. The van der Waals surface area contributed by atoms with E-state index in [9.17, 15) is 9.90 Å². The van der Waals surface area contributed by atoms with Crippen LogP contribution in [0.1, 0.15) is 67.1 Å². The Balaban J connectivity index is 1.76. The van der Waals surface area contributed by atoms with Gasteiger partial charge in [-0.3, -0.25) is 4.79 Å². The minimum Gasteiger partial charge on any atom is -0.391 e. The maximum Gasteiger partial charge on any atom is 0.254 e. The van der Waals surface area contributed by atoms with E-state index in [1.54, 1.807) is 7.11 Å². The molecule has 27 heavy (non-hydrogen) atoms. The molecule has 1 aliphatic rings. The van der Waals surface area contributed by atoms with E-state index < -0.39 is 6.10 Å². The molecule has 2 aromatic rings. The summed E-state index contributed by atoms with van der Waals surface area (Å²) in [6.07, 6.45) is 5.68. The molecule has 1 fully saturated rings. The second kappa shape index (κ2) is 8.53. The van der Waals surface area contributed by atoms with Gasteiger partial charge < -0.3 is 15.2 Å². The summed E-state index contributed by atoms with van der Waals surface area (Å²) in [7, 11) is 1.62. The van der Waals surface area contributed by atoms with Gasteiger partial charge in [-0.05, 0) is 33.1 Å². The maximum atomic E-state index is 12.4. The molecule has 1 aliphatic carbocycles. The Morgan fingerprint density at radius 1 is 1.37 bits per heavy atom. The number of aromatic nitrogens is 5. The minimum absolute atomic E-state index is 0.103. The van der Waals surface area contributed by atoms with Gasteiger partial charge in [0, 0.05) is 31.5 Å². The van der Waals surface area contributed by atoms with E-state index in [-0.39, 0.29) is 23.9 Å². The van der Waals surface area contributed by atoms with Crippen LogP contribution >= 0.6 is 0 Å². The zero-order valence-electron chi connectivity index (χ0n) is 15.9. The molecule has 2 aromatic heterocycles. The first-order chi connectivity index (χ1) is 13.0. The SMILES string of the molecule is COCc1nc([C@H]2CC[C@@H](O)[C@H](NC(=O)c3cncnc3)C2)n(C(C)C)n1. The number of aliphatic hydroxyl groups excluding tert-OH is 1. The van der Waals surface area contributed by atoms with Crippen LogP contribution in [0, 0.1) is 0 Å². The van der Waals surface area contributed by atoms with Gasteiger partial charge in [-0.1, -0.05) is 0 Å². The van der Waals surface area contributed by atoms with Crippen LogP contribution in [-0.2, 0) is 11.3 Å². The number of carbonyl (C=O) groups excluding carboxylic acids is 1. The molecule has 1 saturated carbocycles. The van der Waals surface area contributed by atoms with Crippen molar-refractivity contribution in [2.24, 2.45) is 0 Å². The molecule has 2 heterocycles. The third kappa shape index (κ3) is 4.48. The molecule has 1 amide bonds. The first kappa shape index (κ1) is 19.4. The topological polar surface area (TPSA) is 115 Å². The summed E-state index contributed by atoms with van der Waals surface area (Å²) in [5, 5.41) is 17.8. The predicted molar refractivity (Wildman–Crippen MR) is 97.0 cm³/mol. The van der Waals surface area contributed by atoms with Crippen LogP contribution in [0.5, 0.6) is 0 Å². The summed E-state index contributed by atoms with van der Waals surface area (Å²) in [4.78, 5) is 24.8. The van der Waals surface area contributed by atoms with Crippen molar-refractivity contribution in [2.45, 2.75) is 63.8 Å². The van der Waals surface area contributed by atoms with E-state index >= 15 is 0 Å². The average molecular weight is 374 g/mol. The Morgan fingerprint density at radius 3 is 2.78 bits per heavy atom. The third-order valence-electron chi connectivity index (χ3n) is 4.78. The molecule has 9 nitrogen and oxygen atoms in total. The summed E-state index contributed by atoms with van der Waals surface area (Å²) in [5.74, 6) is 1.34. The summed E-state index contributed by atoms with van der Waals surface area (Å²) < 4.78 is 7.07. The van der Waals surface area contributed by atoms with Crippen LogP contribution in [0.3, 0.4) is 0 Å². The van der Waals surface area contributed by atoms with Gasteiger partial charge in [-0.25, -0.2) is 19.6 Å². The first-order valence-corrected chi connectivity index (χ1v) is 9.17. The smallest absolute Gasteiger partial charge is 0.254 e. The number of aliphatic hydroxyl groups is 1. The third-order valence-corrected chi connectivity index (χ3v) is 4.78. The molecule has 9 heteroatoms. The number of carbonyl (C=O) groups is 1. The number of nitrogens with one attached hydrogen (secondary N) is 1. The highest BCUT2D eigenvalue weighted by molar-refractivity contribution is 5.93. The minimum atomic E-state index is -0.594. The lowest BCUT2D eigenvalue weighted by Gasteiger charge is -2.33. The second-order valence-electron chi connectivity index (χ2n) is 7.14. The van der Waals surface area contributed by atoms with Crippen molar-refractivity contribution in [1.29, 1.82) is 0 Å². The molecular formula is C18H26N6O3. The Bertz CT molecular complexity index is 764. The zero-order chi connectivity index (χ0) is 19.4. The van der Waals surface area contributed by atoms with Gasteiger partial charge in [-0.15, -0.1) is 0 Å². The lowest BCUT2D eigenvalue weighted by Crippen LogP contribution is -2.47. The van der Waals surface area contributed by atoms with E-state index in [1.165, 1.54) is 18.7 Å². The van der Waals surface area contributed by atoms with E-state index in [4.69, 9.17) is 4.74 Å². The molecule has 3 rings (SSSR count). The van der Waals surface area contributed by atoms with Crippen molar-refractivity contribution in [3.05, 3.63) is 35.9 Å². The standard InChI is InChI=1S/C18H26N6O3/c1-11(2)24-17(22-16(23-24)9-27-3)12-4-5-15(25)14(6-12)21-18(26)13-7-19-10-20-8-13/h7-8,10-12,14-15,25H,4-6,9H2,1-3H3,(H,21,26)/t12-,14+,15+/m0/s1. The Labute approximate surface area is 158 Å². The lowest BCUT2D eigenvalue weighted by molar-refractivity contribution is 0.0666. The van der Waals surface area contributed by atoms with Crippen LogP contribution in [0.2, 0.25) is 0 Å². The van der Waals surface area contributed by atoms with Gasteiger partial charge in [0.2, 0.25) is 0 Å². The van der Waals surface area contributed by atoms with Crippen molar-refractivity contribution in [3.63, 3.8) is 0 Å². The number of nitrogens with zero attached hydrogens (tertiary/aromatic N) is 5. The largest absolute Gasteiger partial charge is 0.391 e. The number of amides is 1. The van der Waals surface area contributed by atoms with Gasteiger partial charge >= 0.3 is 0 Å². The predicted octanol–water partition coefficient (Wildman–Crippen LogP) is 1.22. The highest BCUT2D eigenvalue weighted by Gasteiger charge is 2.34. The molecule has 3 atom stereocenters. The first-order valence-electron chi connectivity index (χ1n) is 9.17. The molecule has 0 saturated heterocycles. The monoisotopic (exact) mass is 374 g/mol. The second-order valence-corrected chi connectivity index (χ2v) is 7.14. The number of hydrogen-bond acceptors (Lipinski definition) is 7. The molecule has 2 N–H and O–H groups in total. The van der Waals surface area contributed by atoms with E-state index in [0.29, 0.717) is 30.8 Å². The maximum absolute atomic E-state index is 12.4. The highest BCUT2D eigenvalue weighted by Crippen LogP contribution is 2.33.